The van der Waals surface area contributed by atoms with Gasteiger partial charge in [-0.3, -0.25) is 5.41 Å². The highest BCUT2D eigenvalue weighted by molar-refractivity contribution is 5.79. The van der Waals surface area contributed by atoms with Crippen molar-refractivity contribution >= 4 is 5.84 Å². The summed E-state index contributed by atoms with van der Waals surface area (Å²) in [6.45, 7) is 0. The lowest BCUT2D eigenvalue weighted by atomic mass is 10.1. The Bertz CT molecular complexity index is 325. The van der Waals surface area contributed by atoms with E-state index < -0.39 is 5.82 Å². The Kier molecular flexibility index (Phi) is 2.84. The predicted octanol–water partition coefficient (Wildman–Crippen LogP) is 1.31. The van der Waals surface area contributed by atoms with Gasteiger partial charge in [0.05, 0.1) is 12.9 Å². The van der Waals surface area contributed by atoms with Crippen molar-refractivity contribution in [1.29, 1.82) is 5.41 Å². The highest BCUT2D eigenvalue weighted by Gasteiger charge is 2.03. The Balaban J connectivity index is 2.89. The molecule has 4 heteroatoms. The third-order valence-corrected chi connectivity index (χ3v) is 1.61. The molecule has 0 saturated heterocycles. The summed E-state index contributed by atoms with van der Waals surface area (Å²) < 4.78 is 17.8. The maximum atomic E-state index is 13.1. The average molecular weight is 182 g/mol. The van der Waals surface area contributed by atoms with E-state index in [0.717, 1.165) is 0 Å². The van der Waals surface area contributed by atoms with Gasteiger partial charge < -0.3 is 10.5 Å². The summed E-state index contributed by atoms with van der Waals surface area (Å²) in [4.78, 5) is 0. The van der Waals surface area contributed by atoms with Crippen LogP contribution in [0.25, 0.3) is 0 Å². The Labute approximate surface area is 75.8 Å². The van der Waals surface area contributed by atoms with Crippen LogP contribution in [0.15, 0.2) is 18.2 Å². The van der Waals surface area contributed by atoms with Crippen LogP contribution in [0.4, 0.5) is 4.39 Å². The number of benzene rings is 1. The lowest BCUT2D eigenvalue weighted by Crippen LogP contribution is -2.12. The van der Waals surface area contributed by atoms with Crippen LogP contribution >= 0.6 is 0 Å². The van der Waals surface area contributed by atoms with Gasteiger partial charge in [-0.1, -0.05) is 6.07 Å². The molecule has 1 rings (SSSR count). The zero-order valence-corrected chi connectivity index (χ0v) is 7.30. The van der Waals surface area contributed by atoms with Gasteiger partial charge in [-0.2, -0.15) is 0 Å². The van der Waals surface area contributed by atoms with Gasteiger partial charge in [-0.05, 0) is 17.7 Å². The first-order valence-corrected chi connectivity index (χ1v) is 3.79. The van der Waals surface area contributed by atoms with Crippen LogP contribution in [0.3, 0.4) is 0 Å². The van der Waals surface area contributed by atoms with Crippen molar-refractivity contribution in [1.82, 2.24) is 0 Å². The van der Waals surface area contributed by atoms with E-state index in [1.807, 2.05) is 0 Å². The third kappa shape index (κ3) is 2.43. The van der Waals surface area contributed by atoms with Crippen LogP contribution < -0.4 is 10.5 Å². The SMILES string of the molecule is COc1ccc(CC(=N)N)cc1F. The topological polar surface area (TPSA) is 59.1 Å². The number of nitrogens with one attached hydrogen (secondary N) is 1. The van der Waals surface area contributed by atoms with Gasteiger partial charge in [0.15, 0.2) is 11.6 Å². The van der Waals surface area contributed by atoms with E-state index >= 15 is 0 Å². The molecule has 0 bridgehead atoms. The summed E-state index contributed by atoms with van der Waals surface area (Å²) >= 11 is 0. The van der Waals surface area contributed by atoms with E-state index in [0.29, 0.717) is 5.56 Å². The molecule has 0 spiro atoms. The number of amidine groups is 1. The largest absolute Gasteiger partial charge is 0.494 e. The van der Waals surface area contributed by atoms with Crippen LogP contribution in [0.2, 0.25) is 0 Å². The number of methoxy groups -OCH3 is 1. The molecule has 0 aromatic heterocycles. The summed E-state index contributed by atoms with van der Waals surface area (Å²) in [5, 5.41) is 7.02. The fourth-order valence-electron chi connectivity index (χ4n) is 1.04. The van der Waals surface area contributed by atoms with Crippen LogP contribution in [-0.4, -0.2) is 12.9 Å². The maximum Gasteiger partial charge on any atom is 0.165 e. The van der Waals surface area contributed by atoms with E-state index in [-0.39, 0.29) is 18.0 Å². The molecule has 0 aliphatic heterocycles. The van der Waals surface area contributed by atoms with Crippen LogP contribution in [-0.2, 0) is 6.42 Å². The third-order valence-electron chi connectivity index (χ3n) is 1.61. The second-order valence-corrected chi connectivity index (χ2v) is 2.67. The van der Waals surface area contributed by atoms with Crippen molar-refractivity contribution in [3.8, 4) is 5.75 Å². The molecule has 0 fully saturated rings. The number of hydrogen-bond acceptors (Lipinski definition) is 2. The minimum Gasteiger partial charge on any atom is -0.494 e. The van der Waals surface area contributed by atoms with Crippen molar-refractivity contribution in [3.63, 3.8) is 0 Å². The second kappa shape index (κ2) is 3.89. The zero-order chi connectivity index (χ0) is 9.84. The van der Waals surface area contributed by atoms with Crippen LogP contribution in [0.5, 0.6) is 5.75 Å². The molecule has 3 N–H and O–H groups in total. The quantitative estimate of drug-likeness (QED) is 0.547. The van der Waals surface area contributed by atoms with Gasteiger partial charge in [-0.15, -0.1) is 0 Å². The van der Waals surface area contributed by atoms with Crippen LogP contribution in [0.1, 0.15) is 5.56 Å². The first kappa shape index (κ1) is 9.51. The van der Waals surface area contributed by atoms with Gasteiger partial charge in [0.2, 0.25) is 0 Å². The predicted molar refractivity (Wildman–Crippen MR) is 48.6 cm³/mol. The molecule has 0 unspecified atom stereocenters. The van der Waals surface area contributed by atoms with Crippen molar-refractivity contribution in [2.45, 2.75) is 6.42 Å². The van der Waals surface area contributed by atoms with Gasteiger partial charge in [-0.25, -0.2) is 4.39 Å². The molecular weight excluding hydrogens is 171 g/mol. The molecule has 1 aromatic rings. The summed E-state index contributed by atoms with van der Waals surface area (Å²) in [5.41, 5.74) is 5.85. The molecule has 0 atom stereocenters. The van der Waals surface area contributed by atoms with Gasteiger partial charge in [0.1, 0.15) is 0 Å². The van der Waals surface area contributed by atoms with E-state index in [9.17, 15) is 4.39 Å². The van der Waals surface area contributed by atoms with E-state index in [4.69, 9.17) is 15.9 Å². The number of halogens is 1. The zero-order valence-electron chi connectivity index (χ0n) is 7.30. The molecule has 0 aliphatic carbocycles. The number of rotatable bonds is 3. The minimum atomic E-state index is -0.429. The summed E-state index contributed by atoms with van der Waals surface area (Å²) in [5.74, 6) is -0.210. The molecule has 3 nitrogen and oxygen atoms in total. The van der Waals surface area contributed by atoms with Crippen molar-refractivity contribution < 1.29 is 9.13 Å². The Morgan fingerprint density at radius 3 is 2.77 bits per heavy atom. The Hall–Kier alpha value is -1.58. The van der Waals surface area contributed by atoms with E-state index in [1.165, 1.54) is 19.2 Å². The number of nitrogens with two attached hydrogens (primary N) is 1. The molecular formula is C9H11FN2O. The van der Waals surface area contributed by atoms with Crippen molar-refractivity contribution in [2.75, 3.05) is 7.11 Å². The Morgan fingerprint density at radius 2 is 2.31 bits per heavy atom. The van der Waals surface area contributed by atoms with Crippen molar-refractivity contribution in [2.24, 2.45) is 5.73 Å². The number of ether oxygens (including phenoxy) is 1. The van der Waals surface area contributed by atoms with Crippen LogP contribution in [0, 0.1) is 11.2 Å². The van der Waals surface area contributed by atoms with Gasteiger partial charge in [0, 0.05) is 6.42 Å². The number of hydrogen-bond donors (Lipinski definition) is 2. The Morgan fingerprint density at radius 1 is 1.62 bits per heavy atom. The molecule has 0 radical (unpaired) electrons. The normalized spacial score (nSPS) is 9.69. The monoisotopic (exact) mass is 182 g/mol. The highest BCUT2D eigenvalue weighted by Crippen LogP contribution is 2.17. The van der Waals surface area contributed by atoms with Gasteiger partial charge in [0.25, 0.3) is 0 Å². The summed E-state index contributed by atoms with van der Waals surface area (Å²) in [6, 6.07) is 4.52. The fourth-order valence-corrected chi connectivity index (χ4v) is 1.04. The average Bonchev–Trinajstić information content (AvgIpc) is 2.03. The molecule has 70 valence electrons. The molecule has 0 saturated carbocycles. The van der Waals surface area contributed by atoms with E-state index in [2.05, 4.69) is 0 Å². The minimum absolute atomic E-state index is 0.0181. The second-order valence-electron chi connectivity index (χ2n) is 2.67. The summed E-state index contributed by atoms with van der Waals surface area (Å²) in [7, 11) is 1.41. The molecule has 13 heavy (non-hydrogen) atoms. The maximum absolute atomic E-state index is 13.1. The smallest absolute Gasteiger partial charge is 0.165 e. The fraction of sp³-hybridized carbons (Fsp3) is 0.222. The molecule has 0 heterocycles. The standard InChI is InChI=1S/C9H11FN2O/c1-13-8-3-2-6(4-7(8)10)5-9(11)12/h2-4H,5H2,1H3,(H3,11,12). The first-order chi connectivity index (χ1) is 6.13. The molecule has 0 aliphatic rings. The molecule has 1 aromatic carbocycles. The lowest BCUT2D eigenvalue weighted by Gasteiger charge is -2.03. The van der Waals surface area contributed by atoms with E-state index in [1.54, 1.807) is 6.07 Å². The van der Waals surface area contributed by atoms with Crippen molar-refractivity contribution in [3.05, 3.63) is 29.6 Å². The molecule has 0 amide bonds. The lowest BCUT2D eigenvalue weighted by molar-refractivity contribution is 0.386. The first-order valence-electron chi connectivity index (χ1n) is 3.79. The van der Waals surface area contributed by atoms with Gasteiger partial charge >= 0.3 is 0 Å². The highest BCUT2D eigenvalue weighted by atomic mass is 19.1. The summed E-state index contributed by atoms with van der Waals surface area (Å²) in [6.07, 6.45) is 0.265.